The summed E-state index contributed by atoms with van der Waals surface area (Å²) in [5.74, 6) is 0. The largest absolute Gasteiger partial charge is 0.410 e. The molecule has 0 fully saturated rings. The standard InChI is InChI=1S/C6H2BrClN4O3/c7-4-2(12(14)15)1-3-6(5(4)8)9-10-11(3)13/h1,13H. The van der Waals surface area contributed by atoms with Gasteiger partial charge in [0.25, 0.3) is 5.69 Å². The van der Waals surface area contributed by atoms with Crippen LogP contribution >= 0.6 is 27.5 Å². The zero-order valence-corrected chi connectivity index (χ0v) is 9.23. The molecule has 0 spiro atoms. The van der Waals surface area contributed by atoms with Gasteiger partial charge in [0.05, 0.1) is 9.95 Å². The van der Waals surface area contributed by atoms with Crippen LogP contribution in [0.5, 0.6) is 0 Å². The molecule has 7 nitrogen and oxygen atoms in total. The average molecular weight is 293 g/mol. The molecule has 0 bridgehead atoms. The van der Waals surface area contributed by atoms with Crippen LogP contribution in [-0.2, 0) is 0 Å². The van der Waals surface area contributed by atoms with Gasteiger partial charge < -0.3 is 5.21 Å². The molecule has 0 atom stereocenters. The Labute approximate surface area is 95.5 Å². The summed E-state index contributed by atoms with van der Waals surface area (Å²) < 4.78 is 0.113. The summed E-state index contributed by atoms with van der Waals surface area (Å²) in [6, 6.07) is 1.13. The van der Waals surface area contributed by atoms with E-state index in [0.29, 0.717) is 4.85 Å². The second-order valence-corrected chi connectivity index (χ2v) is 3.80. The van der Waals surface area contributed by atoms with Crippen LogP contribution in [0.1, 0.15) is 0 Å². The molecule has 0 unspecified atom stereocenters. The molecule has 1 aromatic carbocycles. The molecule has 1 aromatic heterocycles. The fraction of sp³-hybridized carbons (Fsp3) is 0. The molecule has 1 heterocycles. The molecule has 0 aliphatic rings. The minimum absolute atomic E-state index is 0.0412. The summed E-state index contributed by atoms with van der Waals surface area (Å²) >= 11 is 8.79. The Morgan fingerprint density at radius 1 is 1.67 bits per heavy atom. The fourth-order valence-electron chi connectivity index (χ4n) is 1.11. The van der Waals surface area contributed by atoms with Crippen LogP contribution in [0.4, 0.5) is 5.69 Å². The van der Waals surface area contributed by atoms with Crippen molar-refractivity contribution in [3.8, 4) is 0 Å². The number of aromatic nitrogens is 3. The van der Waals surface area contributed by atoms with Crippen LogP contribution in [0.3, 0.4) is 0 Å². The second kappa shape index (κ2) is 3.31. The Kier molecular flexibility index (Phi) is 2.24. The molecule has 0 amide bonds. The van der Waals surface area contributed by atoms with Gasteiger partial charge in [-0.2, -0.15) is 0 Å². The fourth-order valence-corrected chi connectivity index (χ4v) is 1.78. The molecule has 9 heteroatoms. The first-order valence-corrected chi connectivity index (χ1v) is 4.76. The minimum Gasteiger partial charge on any atom is -0.410 e. The Bertz CT molecular complexity index is 569. The summed E-state index contributed by atoms with van der Waals surface area (Å²) in [4.78, 5) is 10.4. The van der Waals surface area contributed by atoms with Gasteiger partial charge >= 0.3 is 0 Å². The number of fused-ring (bicyclic) bond motifs is 1. The summed E-state index contributed by atoms with van der Waals surface area (Å²) in [5.41, 5.74) is 0.0108. The molecular formula is C6H2BrClN4O3. The normalized spacial score (nSPS) is 10.8. The number of halogens is 2. The van der Waals surface area contributed by atoms with E-state index in [4.69, 9.17) is 11.6 Å². The quantitative estimate of drug-likeness (QED) is 0.493. The van der Waals surface area contributed by atoms with E-state index in [1.165, 1.54) is 0 Å². The summed E-state index contributed by atoms with van der Waals surface area (Å²) in [6.45, 7) is 0. The van der Waals surface area contributed by atoms with Gasteiger partial charge in [-0.05, 0) is 21.1 Å². The highest BCUT2D eigenvalue weighted by molar-refractivity contribution is 9.10. The molecule has 2 rings (SSSR count). The molecule has 0 radical (unpaired) electrons. The maximum absolute atomic E-state index is 10.6. The van der Waals surface area contributed by atoms with Crippen molar-refractivity contribution in [2.24, 2.45) is 0 Å². The Morgan fingerprint density at radius 3 is 2.93 bits per heavy atom. The minimum atomic E-state index is -0.623. The molecular weight excluding hydrogens is 291 g/mol. The lowest BCUT2D eigenvalue weighted by molar-refractivity contribution is -0.385. The maximum atomic E-state index is 10.6. The van der Waals surface area contributed by atoms with Crippen molar-refractivity contribution in [1.82, 2.24) is 15.2 Å². The first-order chi connectivity index (χ1) is 7.02. The highest BCUT2D eigenvalue weighted by Gasteiger charge is 2.21. The third kappa shape index (κ3) is 1.41. The maximum Gasteiger partial charge on any atom is 0.287 e. The van der Waals surface area contributed by atoms with Gasteiger partial charge in [-0.15, -0.1) is 5.10 Å². The van der Waals surface area contributed by atoms with Crippen LogP contribution in [0.15, 0.2) is 10.5 Å². The van der Waals surface area contributed by atoms with Crippen molar-refractivity contribution in [2.75, 3.05) is 0 Å². The monoisotopic (exact) mass is 292 g/mol. The zero-order valence-electron chi connectivity index (χ0n) is 6.89. The summed E-state index contributed by atoms with van der Waals surface area (Å²) in [7, 11) is 0. The van der Waals surface area contributed by atoms with Gasteiger partial charge in [0, 0.05) is 6.07 Å². The topological polar surface area (TPSA) is 94.1 Å². The highest BCUT2D eigenvalue weighted by Crippen LogP contribution is 2.37. The second-order valence-electron chi connectivity index (χ2n) is 2.63. The van der Waals surface area contributed by atoms with Crippen LogP contribution in [0.2, 0.25) is 5.02 Å². The predicted octanol–water partition coefficient (Wildman–Crippen LogP) is 1.99. The van der Waals surface area contributed by atoms with Gasteiger partial charge in [0.2, 0.25) is 0 Å². The van der Waals surface area contributed by atoms with Gasteiger partial charge in [0.1, 0.15) is 15.5 Å². The van der Waals surface area contributed by atoms with E-state index in [1.54, 1.807) is 0 Å². The SMILES string of the molecule is O=[N+]([O-])c1cc2c(nnn2O)c(Cl)c1Br. The molecule has 0 saturated heterocycles. The molecule has 0 saturated carbocycles. The molecule has 0 aliphatic carbocycles. The number of nitro groups is 1. The van der Waals surface area contributed by atoms with Crippen LogP contribution in [-0.4, -0.2) is 25.3 Å². The molecule has 78 valence electrons. The van der Waals surface area contributed by atoms with Crippen molar-refractivity contribution in [3.05, 3.63) is 25.7 Å². The number of nitro benzene ring substituents is 1. The van der Waals surface area contributed by atoms with E-state index in [9.17, 15) is 15.3 Å². The van der Waals surface area contributed by atoms with Gasteiger partial charge in [-0.25, -0.2) is 0 Å². The van der Waals surface area contributed by atoms with E-state index in [1.807, 2.05) is 0 Å². The van der Waals surface area contributed by atoms with E-state index in [-0.39, 0.29) is 26.2 Å². The number of nitrogens with zero attached hydrogens (tertiary/aromatic N) is 4. The van der Waals surface area contributed by atoms with Gasteiger partial charge in [0.15, 0.2) is 0 Å². The third-order valence-corrected chi connectivity index (χ3v) is 3.18. The Hall–Kier alpha value is -1.41. The van der Waals surface area contributed by atoms with E-state index in [2.05, 4.69) is 26.2 Å². The first-order valence-electron chi connectivity index (χ1n) is 3.59. The lowest BCUT2D eigenvalue weighted by atomic mass is 10.3. The molecule has 1 N–H and O–H groups in total. The Balaban J connectivity index is 2.91. The zero-order chi connectivity index (χ0) is 11.2. The average Bonchev–Trinajstić information content (AvgIpc) is 2.53. The van der Waals surface area contributed by atoms with Crippen molar-refractivity contribution in [3.63, 3.8) is 0 Å². The van der Waals surface area contributed by atoms with Crippen LogP contribution in [0, 0.1) is 10.1 Å². The first kappa shape index (κ1) is 10.1. The van der Waals surface area contributed by atoms with Crippen molar-refractivity contribution in [2.45, 2.75) is 0 Å². The number of hydrogen-bond donors (Lipinski definition) is 1. The van der Waals surface area contributed by atoms with E-state index < -0.39 is 4.92 Å². The van der Waals surface area contributed by atoms with Crippen LogP contribution < -0.4 is 0 Å². The van der Waals surface area contributed by atoms with Gasteiger partial charge in [-0.3, -0.25) is 10.1 Å². The number of benzene rings is 1. The van der Waals surface area contributed by atoms with Gasteiger partial charge in [-0.1, -0.05) is 16.4 Å². The lowest BCUT2D eigenvalue weighted by Crippen LogP contribution is -1.94. The van der Waals surface area contributed by atoms with Crippen molar-refractivity contribution < 1.29 is 10.1 Å². The summed E-state index contributed by atoms with van der Waals surface area (Å²) in [5, 5.41) is 26.7. The lowest BCUT2D eigenvalue weighted by Gasteiger charge is -1.98. The highest BCUT2D eigenvalue weighted by atomic mass is 79.9. The number of rotatable bonds is 1. The Morgan fingerprint density at radius 2 is 2.33 bits per heavy atom. The van der Waals surface area contributed by atoms with Crippen molar-refractivity contribution >= 4 is 44.3 Å². The predicted molar refractivity (Wildman–Crippen MR) is 54.1 cm³/mol. The third-order valence-electron chi connectivity index (χ3n) is 1.78. The number of hydrogen-bond acceptors (Lipinski definition) is 5. The smallest absolute Gasteiger partial charge is 0.287 e. The van der Waals surface area contributed by atoms with Crippen LogP contribution in [0.25, 0.3) is 11.0 Å². The van der Waals surface area contributed by atoms with Crippen molar-refractivity contribution in [1.29, 1.82) is 0 Å². The molecule has 2 aromatic rings. The van der Waals surface area contributed by atoms with E-state index in [0.717, 1.165) is 6.07 Å². The molecule has 0 aliphatic heterocycles. The molecule has 15 heavy (non-hydrogen) atoms. The summed E-state index contributed by atoms with van der Waals surface area (Å²) in [6.07, 6.45) is 0. The van der Waals surface area contributed by atoms with E-state index >= 15 is 0 Å².